The SMILES string of the molecule is CCSC(=S)SO. The summed E-state index contributed by atoms with van der Waals surface area (Å²) in [5, 5.41) is 0. The Morgan fingerprint density at radius 3 is 2.57 bits per heavy atom. The molecule has 0 aliphatic heterocycles. The first-order valence-electron chi connectivity index (χ1n) is 1.79. The molecule has 7 heavy (non-hydrogen) atoms. The van der Waals surface area contributed by atoms with Crippen molar-refractivity contribution in [2.75, 3.05) is 5.75 Å². The molecule has 0 fully saturated rings. The van der Waals surface area contributed by atoms with E-state index in [0.29, 0.717) is 15.6 Å². The second kappa shape index (κ2) is 4.90. The van der Waals surface area contributed by atoms with E-state index in [-0.39, 0.29) is 0 Å². The summed E-state index contributed by atoms with van der Waals surface area (Å²) in [7, 11) is 0. The van der Waals surface area contributed by atoms with Gasteiger partial charge in [-0.3, -0.25) is 0 Å². The standard InChI is InChI=1S/C3H6OS3/c1-2-6-3(5)7-4/h4H,2H2,1H3. The molecule has 0 aromatic carbocycles. The van der Waals surface area contributed by atoms with Crippen LogP contribution in [0.15, 0.2) is 0 Å². The molecule has 0 unspecified atom stereocenters. The lowest BCUT2D eigenvalue weighted by atomic mass is 11.0. The van der Waals surface area contributed by atoms with Gasteiger partial charge in [0.1, 0.15) is 3.53 Å². The Hall–Kier alpha value is 0.750. The molecule has 1 N–H and O–H groups in total. The lowest BCUT2D eigenvalue weighted by molar-refractivity contribution is 0.674. The van der Waals surface area contributed by atoms with E-state index in [2.05, 4.69) is 12.2 Å². The van der Waals surface area contributed by atoms with Gasteiger partial charge in [0.25, 0.3) is 0 Å². The van der Waals surface area contributed by atoms with Gasteiger partial charge >= 0.3 is 0 Å². The molecule has 0 atom stereocenters. The molecule has 1 nitrogen and oxygen atoms in total. The summed E-state index contributed by atoms with van der Waals surface area (Å²) in [6.07, 6.45) is 0. The highest BCUT2D eigenvalue weighted by Gasteiger charge is 1.89. The van der Waals surface area contributed by atoms with Crippen LogP contribution in [-0.2, 0) is 0 Å². The number of thiocarbonyl (C=S) groups is 1. The van der Waals surface area contributed by atoms with E-state index in [9.17, 15) is 0 Å². The van der Waals surface area contributed by atoms with Crippen molar-refractivity contribution in [3.05, 3.63) is 0 Å². The topological polar surface area (TPSA) is 20.2 Å². The van der Waals surface area contributed by atoms with Crippen molar-refractivity contribution in [1.29, 1.82) is 0 Å². The summed E-state index contributed by atoms with van der Waals surface area (Å²) in [6, 6.07) is 0. The van der Waals surface area contributed by atoms with Crippen molar-refractivity contribution in [1.82, 2.24) is 0 Å². The second-order valence-corrected chi connectivity index (χ2v) is 3.82. The highest BCUT2D eigenvalue weighted by atomic mass is 32.2. The van der Waals surface area contributed by atoms with Gasteiger partial charge in [-0.25, -0.2) is 0 Å². The molecule has 4 heteroatoms. The molecule has 0 aromatic heterocycles. The minimum atomic E-state index is 0.600. The zero-order chi connectivity index (χ0) is 5.70. The van der Waals surface area contributed by atoms with E-state index in [4.69, 9.17) is 4.55 Å². The molecule has 0 aliphatic rings. The minimum Gasteiger partial charge on any atom is -0.324 e. The summed E-state index contributed by atoms with van der Waals surface area (Å²) < 4.78 is 8.82. The maximum atomic E-state index is 8.22. The summed E-state index contributed by atoms with van der Waals surface area (Å²) in [6.45, 7) is 1.99. The van der Waals surface area contributed by atoms with Crippen LogP contribution < -0.4 is 0 Å². The van der Waals surface area contributed by atoms with Gasteiger partial charge in [0.15, 0.2) is 0 Å². The quantitative estimate of drug-likeness (QED) is 0.461. The van der Waals surface area contributed by atoms with Gasteiger partial charge in [-0.05, 0) is 5.75 Å². The zero-order valence-corrected chi connectivity index (χ0v) is 6.33. The molecule has 42 valence electrons. The molecule has 0 aliphatic carbocycles. The van der Waals surface area contributed by atoms with Gasteiger partial charge in [0, 0.05) is 12.0 Å². The number of hydrogen-bond acceptors (Lipinski definition) is 4. The van der Waals surface area contributed by atoms with Gasteiger partial charge in [-0.2, -0.15) is 0 Å². The zero-order valence-electron chi connectivity index (χ0n) is 3.88. The van der Waals surface area contributed by atoms with Crippen molar-refractivity contribution >= 4 is 39.6 Å². The Morgan fingerprint density at radius 2 is 2.43 bits per heavy atom. The normalized spacial score (nSPS) is 8.86. The van der Waals surface area contributed by atoms with E-state index in [1.54, 1.807) is 0 Å². The average molecular weight is 154 g/mol. The van der Waals surface area contributed by atoms with E-state index in [1.165, 1.54) is 11.8 Å². The maximum Gasteiger partial charge on any atom is 0.131 e. The average Bonchev–Trinajstić information content (AvgIpc) is 1.68. The summed E-state index contributed by atoms with van der Waals surface area (Å²) >= 11 is 6.75. The van der Waals surface area contributed by atoms with Crippen LogP contribution in [0, 0.1) is 0 Å². The second-order valence-electron chi connectivity index (χ2n) is 0.774. The number of hydrogen-bond donors (Lipinski definition) is 1. The summed E-state index contributed by atoms with van der Waals surface area (Å²) in [5.74, 6) is 0.937. The summed E-state index contributed by atoms with van der Waals surface area (Å²) in [5.41, 5.74) is 0. The summed E-state index contributed by atoms with van der Waals surface area (Å²) in [4.78, 5) is 0. The van der Waals surface area contributed by atoms with Crippen LogP contribution >= 0.6 is 36.0 Å². The van der Waals surface area contributed by atoms with Crippen LogP contribution in [0.2, 0.25) is 0 Å². The van der Waals surface area contributed by atoms with Crippen LogP contribution in [0.1, 0.15) is 6.92 Å². The van der Waals surface area contributed by atoms with Gasteiger partial charge in [-0.1, -0.05) is 19.1 Å². The van der Waals surface area contributed by atoms with E-state index in [1.807, 2.05) is 6.92 Å². The molecule has 0 radical (unpaired) electrons. The molecule has 0 spiro atoms. The molecular weight excluding hydrogens is 148 g/mol. The largest absolute Gasteiger partial charge is 0.324 e. The predicted octanol–water partition coefficient (Wildman–Crippen LogP) is 2.23. The van der Waals surface area contributed by atoms with Crippen LogP contribution in [0.3, 0.4) is 0 Å². The molecule has 0 heterocycles. The third-order valence-corrected chi connectivity index (χ3v) is 2.16. The highest BCUT2D eigenvalue weighted by molar-refractivity contribution is 8.45. The van der Waals surface area contributed by atoms with E-state index in [0.717, 1.165) is 5.75 Å². The predicted molar refractivity (Wildman–Crippen MR) is 40.9 cm³/mol. The monoisotopic (exact) mass is 154 g/mol. The third-order valence-electron chi connectivity index (χ3n) is 0.337. The smallest absolute Gasteiger partial charge is 0.131 e. The van der Waals surface area contributed by atoms with Crippen molar-refractivity contribution < 1.29 is 4.55 Å². The Labute approximate surface area is 57.1 Å². The Bertz CT molecular complexity index is 63.2. The van der Waals surface area contributed by atoms with Gasteiger partial charge in [0.2, 0.25) is 0 Å². The van der Waals surface area contributed by atoms with Crippen molar-refractivity contribution in [3.8, 4) is 0 Å². The lowest BCUT2D eigenvalue weighted by Gasteiger charge is -1.89. The molecule has 0 saturated heterocycles. The first-order chi connectivity index (χ1) is 3.31. The fourth-order valence-electron chi connectivity index (χ4n) is 0.144. The van der Waals surface area contributed by atoms with Crippen molar-refractivity contribution in [2.24, 2.45) is 0 Å². The van der Waals surface area contributed by atoms with Crippen LogP contribution in [0.25, 0.3) is 0 Å². The fourth-order valence-corrected chi connectivity index (χ4v) is 1.30. The Balaban J connectivity index is 3.00. The van der Waals surface area contributed by atoms with Crippen molar-refractivity contribution in [2.45, 2.75) is 6.92 Å². The maximum absolute atomic E-state index is 8.22. The van der Waals surface area contributed by atoms with E-state index >= 15 is 0 Å². The van der Waals surface area contributed by atoms with Crippen LogP contribution in [0.4, 0.5) is 0 Å². The van der Waals surface area contributed by atoms with Crippen LogP contribution in [0.5, 0.6) is 0 Å². The third kappa shape index (κ3) is 4.61. The minimum absolute atomic E-state index is 0.600. The molecular formula is C3H6OS3. The molecule has 0 bridgehead atoms. The number of rotatable bonds is 1. The molecule has 0 amide bonds. The lowest BCUT2D eigenvalue weighted by Crippen LogP contribution is -1.76. The van der Waals surface area contributed by atoms with Crippen molar-refractivity contribution in [3.63, 3.8) is 0 Å². The fraction of sp³-hybridized carbons (Fsp3) is 0.667. The van der Waals surface area contributed by atoms with Gasteiger partial charge in [-0.15, -0.1) is 11.8 Å². The van der Waals surface area contributed by atoms with Gasteiger partial charge in [0.05, 0.1) is 0 Å². The first kappa shape index (κ1) is 7.75. The Kier molecular flexibility index (Phi) is 5.42. The van der Waals surface area contributed by atoms with Crippen LogP contribution in [-0.4, -0.2) is 13.8 Å². The highest BCUT2D eigenvalue weighted by Crippen LogP contribution is 2.12. The molecule has 0 aromatic rings. The van der Waals surface area contributed by atoms with Gasteiger partial charge < -0.3 is 4.55 Å². The first-order valence-corrected chi connectivity index (χ1v) is 3.96. The Morgan fingerprint density at radius 1 is 1.86 bits per heavy atom. The van der Waals surface area contributed by atoms with E-state index < -0.39 is 0 Å². The molecule has 0 saturated carbocycles. The number of thioether (sulfide) groups is 1. The molecule has 0 rings (SSSR count).